The van der Waals surface area contributed by atoms with E-state index in [1.165, 1.54) is 6.42 Å². The molecule has 1 aromatic rings. The normalized spacial score (nSPS) is 21.2. The molecule has 94 valence electrons. The Morgan fingerprint density at radius 3 is 2.71 bits per heavy atom. The number of ether oxygens (including phenoxy) is 1. The van der Waals surface area contributed by atoms with Crippen molar-refractivity contribution in [1.82, 2.24) is 5.32 Å². The second-order valence-corrected chi connectivity index (χ2v) is 5.52. The lowest BCUT2D eigenvalue weighted by Crippen LogP contribution is -2.18. The topological polar surface area (TPSA) is 41.5 Å². The van der Waals surface area contributed by atoms with E-state index in [9.17, 15) is 5.11 Å². The van der Waals surface area contributed by atoms with Crippen LogP contribution in [0.25, 0.3) is 0 Å². The lowest BCUT2D eigenvalue weighted by atomic mass is 10.1. The molecule has 0 bridgehead atoms. The van der Waals surface area contributed by atoms with E-state index in [0.29, 0.717) is 23.5 Å². The van der Waals surface area contributed by atoms with Gasteiger partial charge in [-0.15, -0.1) is 0 Å². The Balaban J connectivity index is 1.83. The van der Waals surface area contributed by atoms with Gasteiger partial charge in [0.15, 0.2) is 0 Å². The molecule has 1 aliphatic carbocycles. The minimum absolute atomic E-state index is 0.298. The van der Waals surface area contributed by atoms with Crippen LogP contribution in [0.2, 0.25) is 0 Å². The van der Waals surface area contributed by atoms with Crippen molar-refractivity contribution >= 4 is 0 Å². The van der Waals surface area contributed by atoms with Crippen LogP contribution >= 0.6 is 0 Å². The fraction of sp³-hybridized carbons (Fsp3) is 0.571. The van der Waals surface area contributed by atoms with E-state index >= 15 is 0 Å². The summed E-state index contributed by atoms with van der Waals surface area (Å²) in [5.41, 5.74) is 1.43. The fourth-order valence-electron chi connectivity index (χ4n) is 2.13. The van der Waals surface area contributed by atoms with Crippen LogP contribution in [0.15, 0.2) is 18.2 Å². The van der Waals surface area contributed by atoms with Gasteiger partial charge in [0.25, 0.3) is 0 Å². The monoisotopic (exact) mass is 235 g/mol. The Labute approximate surface area is 103 Å². The molecule has 2 rings (SSSR count). The van der Waals surface area contributed by atoms with Gasteiger partial charge in [-0.05, 0) is 30.4 Å². The molecule has 17 heavy (non-hydrogen) atoms. The molecule has 3 nitrogen and oxygen atoms in total. The third-order valence-corrected chi connectivity index (χ3v) is 3.72. The second kappa shape index (κ2) is 4.57. The molecule has 3 heteroatoms. The zero-order valence-electron chi connectivity index (χ0n) is 10.8. The predicted molar refractivity (Wildman–Crippen MR) is 68.3 cm³/mol. The average molecular weight is 235 g/mol. The summed E-state index contributed by atoms with van der Waals surface area (Å²) in [7, 11) is 1.60. The molecule has 0 aromatic heterocycles. The van der Waals surface area contributed by atoms with Gasteiger partial charge in [0.05, 0.1) is 7.11 Å². The molecule has 1 fully saturated rings. The molecular weight excluding hydrogens is 214 g/mol. The molecule has 0 spiro atoms. The second-order valence-electron chi connectivity index (χ2n) is 5.52. The minimum Gasteiger partial charge on any atom is -0.507 e. The molecule has 0 amide bonds. The van der Waals surface area contributed by atoms with Gasteiger partial charge in [0.1, 0.15) is 11.5 Å². The van der Waals surface area contributed by atoms with E-state index in [2.05, 4.69) is 19.2 Å². The van der Waals surface area contributed by atoms with Gasteiger partial charge >= 0.3 is 0 Å². The molecule has 1 saturated carbocycles. The Morgan fingerprint density at radius 1 is 1.47 bits per heavy atom. The molecule has 2 N–H and O–H groups in total. The maximum absolute atomic E-state index is 9.79. The van der Waals surface area contributed by atoms with Gasteiger partial charge in [0.2, 0.25) is 0 Å². The first-order valence-corrected chi connectivity index (χ1v) is 6.09. The summed E-state index contributed by atoms with van der Waals surface area (Å²) in [5, 5.41) is 13.2. The number of nitrogens with one attached hydrogen (secondary N) is 1. The predicted octanol–water partition coefficient (Wildman–Crippen LogP) is 2.54. The highest BCUT2D eigenvalue weighted by Gasteiger charge is 2.44. The Kier molecular flexibility index (Phi) is 3.29. The van der Waals surface area contributed by atoms with Crippen molar-refractivity contribution in [3.63, 3.8) is 0 Å². The number of phenolic OH excluding ortho intramolecular Hbond substituents is 1. The Hall–Kier alpha value is -1.22. The van der Waals surface area contributed by atoms with E-state index in [4.69, 9.17) is 4.74 Å². The lowest BCUT2D eigenvalue weighted by molar-refractivity contribution is 0.405. The highest BCUT2D eigenvalue weighted by Crippen LogP contribution is 2.51. The Bertz CT molecular complexity index is 401. The highest BCUT2D eigenvalue weighted by atomic mass is 16.5. The van der Waals surface area contributed by atoms with Crippen molar-refractivity contribution in [2.45, 2.75) is 26.8 Å². The molecule has 0 aliphatic heterocycles. The van der Waals surface area contributed by atoms with E-state index < -0.39 is 0 Å². The van der Waals surface area contributed by atoms with Crippen molar-refractivity contribution < 1.29 is 9.84 Å². The highest BCUT2D eigenvalue weighted by molar-refractivity contribution is 5.39. The summed E-state index contributed by atoms with van der Waals surface area (Å²) in [6, 6.07) is 5.43. The van der Waals surface area contributed by atoms with Crippen LogP contribution in [-0.2, 0) is 6.54 Å². The molecule has 1 atom stereocenters. The van der Waals surface area contributed by atoms with Crippen molar-refractivity contribution in [3.8, 4) is 11.5 Å². The molecular formula is C14H21NO2. The lowest BCUT2D eigenvalue weighted by Gasteiger charge is -2.09. The van der Waals surface area contributed by atoms with Crippen LogP contribution in [0.3, 0.4) is 0 Å². The van der Waals surface area contributed by atoms with Gasteiger partial charge in [0, 0.05) is 18.2 Å². The standard InChI is InChI=1S/C14H21NO2/c1-14(2)7-11(14)9-15-8-10-4-5-12(17-3)6-13(10)16/h4-6,11,15-16H,7-9H2,1-3H3. The van der Waals surface area contributed by atoms with Crippen LogP contribution < -0.4 is 10.1 Å². The quantitative estimate of drug-likeness (QED) is 0.824. The summed E-state index contributed by atoms with van der Waals surface area (Å²) in [5.74, 6) is 1.77. The zero-order valence-corrected chi connectivity index (χ0v) is 10.8. The number of aromatic hydroxyl groups is 1. The number of phenols is 1. The van der Waals surface area contributed by atoms with Gasteiger partial charge in [-0.2, -0.15) is 0 Å². The zero-order chi connectivity index (χ0) is 12.5. The third kappa shape index (κ3) is 2.91. The van der Waals surface area contributed by atoms with Crippen molar-refractivity contribution in [2.75, 3.05) is 13.7 Å². The first-order valence-electron chi connectivity index (χ1n) is 6.09. The average Bonchev–Trinajstić information content (AvgIpc) is 2.89. The van der Waals surface area contributed by atoms with E-state index in [1.54, 1.807) is 13.2 Å². The summed E-state index contributed by atoms with van der Waals surface area (Å²) < 4.78 is 5.05. The summed E-state index contributed by atoms with van der Waals surface area (Å²) in [6.07, 6.45) is 1.30. The Morgan fingerprint density at radius 2 is 2.18 bits per heavy atom. The number of methoxy groups -OCH3 is 1. The van der Waals surface area contributed by atoms with Crippen molar-refractivity contribution in [3.05, 3.63) is 23.8 Å². The number of hydrogen-bond donors (Lipinski definition) is 2. The van der Waals surface area contributed by atoms with Crippen molar-refractivity contribution in [2.24, 2.45) is 11.3 Å². The number of benzene rings is 1. The smallest absolute Gasteiger partial charge is 0.123 e. The summed E-state index contributed by atoms with van der Waals surface area (Å²) in [4.78, 5) is 0. The van der Waals surface area contributed by atoms with Crippen LogP contribution in [0, 0.1) is 11.3 Å². The molecule has 0 radical (unpaired) electrons. The maximum Gasteiger partial charge on any atom is 0.123 e. The van der Waals surface area contributed by atoms with Gasteiger partial charge in [-0.3, -0.25) is 0 Å². The van der Waals surface area contributed by atoms with Gasteiger partial charge in [-0.25, -0.2) is 0 Å². The summed E-state index contributed by atoms with van der Waals surface area (Å²) >= 11 is 0. The molecule has 0 saturated heterocycles. The first kappa shape index (κ1) is 12.2. The van der Waals surface area contributed by atoms with Crippen LogP contribution in [0.1, 0.15) is 25.8 Å². The first-order chi connectivity index (χ1) is 8.03. The number of hydrogen-bond acceptors (Lipinski definition) is 3. The van der Waals surface area contributed by atoms with E-state index in [0.717, 1.165) is 18.0 Å². The molecule has 0 heterocycles. The third-order valence-electron chi connectivity index (χ3n) is 3.72. The van der Waals surface area contributed by atoms with Crippen LogP contribution in [0.4, 0.5) is 0 Å². The molecule has 1 aliphatic rings. The SMILES string of the molecule is COc1ccc(CNCC2CC2(C)C)c(O)c1. The minimum atomic E-state index is 0.298. The van der Waals surface area contributed by atoms with Gasteiger partial charge < -0.3 is 15.2 Å². The van der Waals surface area contributed by atoms with E-state index in [-0.39, 0.29) is 0 Å². The fourth-order valence-corrected chi connectivity index (χ4v) is 2.13. The van der Waals surface area contributed by atoms with Crippen molar-refractivity contribution in [1.29, 1.82) is 0 Å². The number of rotatable bonds is 5. The van der Waals surface area contributed by atoms with Gasteiger partial charge in [-0.1, -0.05) is 19.9 Å². The molecule has 1 unspecified atom stereocenters. The molecule has 1 aromatic carbocycles. The van der Waals surface area contributed by atoms with Crippen LogP contribution in [0.5, 0.6) is 11.5 Å². The largest absolute Gasteiger partial charge is 0.507 e. The maximum atomic E-state index is 9.79. The van der Waals surface area contributed by atoms with Crippen LogP contribution in [-0.4, -0.2) is 18.8 Å². The summed E-state index contributed by atoms with van der Waals surface area (Å²) in [6.45, 7) is 6.33. The van der Waals surface area contributed by atoms with E-state index in [1.807, 2.05) is 12.1 Å².